The van der Waals surface area contributed by atoms with Crippen molar-refractivity contribution >= 4 is 23.2 Å². The molecule has 1 saturated carbocycles. The summed E-state index contributed by atoms with van der Waals surface area (Å²) in [6.45, 7) is 4.65. The minimum Gasteiger partial charge on any atom is -0.487 e. The van der Waals surface area contributed by atoms with Crippen LogP contribution < -0.4 is 14.8 Å². The lowest BCUT2D eigenvalue weighted by Gasteiger charge is -2.38. The lowest BCUT2D eigenvalue weighted by atomic mass is 9.90. The van der Waals surface area contributed by atoms with Crippen LogP contribution in [0.1, 0.15) is 38.6 Å². The summed E-state index contributed by atoms with van der Waals surface area (Å²) in [4.78, 5) is 11.5. The Morgan fingerprint density at radius 2 is 1.88 bits per heavy atom. The Balaban J connectivity index is 1.16. The fraction of sp³-hybridized carbons (Fsp3) is 0.533. The third-order valence-electron chi connectivity index (χ3n) is 8.18. The maximum Gasteiger partial charge on any atom is 0.522 e. The molecule has 0 unspecified atom stereocenters. The van der Waals surface area contributed by atoms with Crippen LogP contribution >= 0.6 is 11.6 Å². The summed E-state index contributed by atoms with van der Waals surface area (Å²) in [6, 6.07) is 7.66. The summed E-state index contributed by atoms with van der Waals surface area (Å²) >= 11 is 6.44. The van der Waals surface area contributed by atoms with Crippen molar-refractivity contribution in [1.82, 2.24) is 44.9 Å². The van der Waals surface area contributed by atoms with Gasteiger partial charge in [0.2, 0.25) is 5.95 Å². The molecule has 6 rings (SSSR count). The van der Waals surface area contributed by atoms with Crippen LogP contribution in [0.25, 0.3) is 11.3 Å². The van der Waals surface area contributed by atoms with Gasteiger partial charge in [0.05, 0.1) is 49.3 Å². The van der Waals surface area contributed by atoms with Crippen LogP contribution in [0.3, 0.4) is 0 Å². The molecule has 0 radical (unpaired) electrons. The average molecular weight is 693 g/mol. The second-order valence-corrected chi connectivity index (χ2v) is 12.0. The molecule has 18 heteroatoms. The first-order valence-corrected chi connectivity index (χ1v) is 16.1. The highest BCUT2D eigenvalue weighted by molar-refractivity contribution is 6.32. The monoisotopic (exact) mass is 692 g/mol. The van der Waals surface area contributed by atoms with Gasteiger partial charge >= 0.3 is 6.36 Å². The first kappa shape index (κ1) is 33.8. The van der Waals surface area contributed by atoms with E-state index in [1.54, 1.807) is 35.3 Å². The number of anilines is 2. The summed E-state index contributed by atoms with van der Waals surface area (Å²) in [5.74, 6) is 0.831. The van der Waals surface area contributed by atoms with Gasteiger partial charge in [-0.15, -0.1) is 23.4 Å². The highest BCUT2D eigenvalue weighted by atomic mass is 35.5. The molecule has 1 aliphatic heterocycles. The van der Waals surface area contributed by atoms with E-state index in [-0.39, 0.29) is 30.6 Å². The van der Waals surface area contributed by atoms with E-state index in [4.69, 9.17) is 25.8 Å². The van der Waals surface area contributed by atoms with E-state index in [1.165, 1.54) is 6.33 Å². The summed E-state index contributed by atoms with van der Waals surface area (Å²) < 4.78 is 62.2. The fourth-order valence-corrected chi connectivity index (χ4v) is 6.08. The first-order valence-electron chi connectivity index (χ1n) is 15.7. The Bertz CT molecular complexity index is 1610. The van der Waals surface area contributed by atoms with Gasteiger partial charge in [0.25, 0.3) is 5.88 Å². The second kappa shape index (κ2) is 15.4. The maximum atomic E-state index is 12.6. The van der Waals surface area contributed by atoms with Gasteiger partial charge in [0, 0.05) is 30.9 Å². The molecule has 1 aliphatic carbocycles. The highest BCUT2D eigenvalue weighted by Gasteiger charge is 2.30. The molecular formula is C30H36ClF3N10O4. The molecule has 1 N–H and O–H groups in total. The van der Waals surface area contributed by atoms with E-state index in [2.05, 4.69) is 45.5 Å². The number of morpholine rings is 1. The molecule has 48 heavy (non-hydrogen) atoms. The Morgan fingerprint density at radius 1 is 1.08 bits per heavy atom. The van der Waals surface area contributed by atoms with Gasteiger partial charge in [-0.2, -0.15) is 0 Å². The van der Waals surface area contributed by atoms with E-state index < -0.39 is 13.0 Å². The van der Waals surface area contributed by atoms with Crippen molar-refractivity contribution in [2.24, 2.45) is 0 Å². The summed E-state index contributed by atoms with van der Waals surface area (Å²) in [6.07, 6.45) is 3.68. The minimum absolute atomic E-state index is 0.106. The molecule has 0 amide bonds. The molecule has 258 valence electrons. The molecule has 1 saturated heterocycles. The van der Waals surface area contributed by atoms with Crippen molar-refractivity contribution in [3.63, 3.8) is 0 Å². The van der Waals surface area contributed by atoms with Crippen LogP contribution in [-0.2, 0) is 16.0 Å². The van der Waals surface area contributed by atoms with Crippen molar-refractivity contribution in [3.8, 4) is 22.9 Å². The number of tetrazole rings is 1. The van der Waals surface area contributed by atoms with Crippen LogP contribution in [-0.4, -0.2) is 103 Å². The van der Waals surface area contributed by atoms with E-state index >= 15 is 0 Å². The van der Waals surface area contributed by atoms with Crippen LogP contribution in [0.2, 0.25) is 5.02 Å². The molecule has 0 spiro atoms. The maximum absolute atomic E-state index is 12.6. The average Bonchev–Trinajstić information content (AvgIpc) is 3.74. The molecule has 4 aromatic rings. The van der Waals surface area contributed by atoms with Gasteiger partial charge in [-0.1, -0.05) is 17.7 Å². The third kappa shape index (κ3) is 9.09. The van der Waals surface area contributed by atoms with E-state index in [9.17, 15) is 13.2 Å². The number of hydrogen-bond donors (Lipinski definition) is 1. The van der Waals surface area contributed by atoms with Crippen LogP contribution in [0.15, 0.2) is 43.0 Å². The third-order valence-corrected chi connectivity index (χ3v) is 8.49. The molecule has 2 fully saturated rings. The predicted octanol–water partition coefficient (Wildman–Crippen LogP) is 4.92. The first-order chi connectivity index (χ1) is 23.2. The second-order valence-electron chi connectivity index (χ2n) is 11.6. The predicted molar refractivity (Wildman–Crippen MR) is 167 cm³/mol. The molecule has 3 aromatic heterocycles. The van der Waals surface area contributed by atoms with Crippen molar-refractivity contribution in [2.45, 2.75) is 63.7 Å². The number of rotatable bonds is 13. The number of alkyl halides is 3. The van der Waals surface area contributed by atoms with Crippen molar-refractivity contribution in [1.29, 1.82) is 0 Å². The van der Waals surface area contributed by atoms with Crippen molar-refractivity contribution in [3.05, 3.63) is 48.0 Å². The number of ether oxygens (including phenoxy) is 4. The number of halogens is 4. The zero-order chi connectivity index (χ0) is 33.5. The van der Waals surface area contributed by atoms with Gasteiger partial charge in [0.15, 0.2) is 0 Å². The Morgan fingerprint density at radius 3 is 2.62 bits per heavy atom. The Hall–Kier alpha value is -4.06. The molecule has 4 heterocycles. The molecule has 1 aromatic carbocycles. The largest absolute Gasteiger partial charge is 0.522 e. The number of benzene rings is 1. The minimum atomic E-state index is -4.75. The Labute approximate surface area is 279 Å². The molecular weight excluding hydrogens is 657 g/mol. The molecule has 1 atom stereocenters. The van der Waals surface area contributed by atoms with Crippen LogP contribution in [0, 0.1) is 0 Å². The van der Waals surface area contributed by atoms with E-state index in [0.717, 1.165) is 57.6 Å². The number of hydrogen-bond acceptors (Lipinski definition) is 12. The summed E-state index contributed by atoms with van der Waals surface area (Å²) in [5, 5.41) is 19.3. The SMILES string of the molecule is C[C@@H](Cn1cnnn1)Oc1cc(-c2ccnc(Nc3cn(C4CCC(N5CCOCC5)CC4)nc3OCCOC(F)(F)F)n2)ccc1Cl. The van der Waals surface area contributed by atoms with Crippen molar-refractivity contribution < 1.29 is 32.1 Å². The van der Waals surface area contributed by atoms with E-state index in [1.807, 2.05) is 17.7 Å². The van der Waals surface area contributed by atoms with Crippen molar-refractivity contribution in [2.75, 3.05) is 44.8 Å². The topological polar surface area (TPSA) is 139 Å². The fourth-order valence-electron chi connectivity index (χ4n) is 5.92. The van der Waals surface area contributed by atoms with Crippen LogP contribution in [0.4, 0.5) is 24.8 Å². The smallest absolute Gasteiger partial charge is 0.487 e. The quantitative estimate of drug-likeness (QED) is 0.190. The van der Waals surface area contributed by atoms with Gasteiger partial charge in [-0.3, -0.25) is 14.3 Å². The van der Waals surface area contributed by atoms with Gasteiger partial charge in [-0.25, -0.2) is 14.6 Å². The zero-order valence-electron chi connectivity index (χ0n) is 26.2. The highest BCUT2D eigenvalue weighted by Crippen LogP contribution is 2.35. The molecule has 0 bridgehead atoms. The van der Waals surface area contributed by atoms with Crippen LogP contribution in [0.5, 0.6) is 11.6 Å². The normalized spacial score (nSPS) is 19.6. The number of nitrogens with one attached hydrogen (secondary N) is 1. The lowest BCUT2D eigenvalue weighted by molar-refractivity contribution is -0.325. The molecule has 2 aliphatic rings. The summed E-state index contributed by atoms with van der Waals surface area (Å²) in [5.41, 5.74) is 1.73. The van der Waals surface area contributed by atoms with Gasteiger partial charge in [0.1, 0.15) is 30.5 Å². The zero-order valence-corrected chi connectivity index (χ0v) is 27.0. The Kier molecular flexibility index (Phi) is 10.9. The van der Waals surface area contributed by atoms with Gasteiger partial charge < -0.3 is 19.5 Å². The standard InChI is InChI=1S/C30H36ClF3N10O4/c1-20(17-43-19-36-40-41-43)48-27-16-21(2-7-24(27)31)25-8-9-35-29(37-25)38-26-18-44(39-28(26)46-14-15-47-30(32,33)34)23-5-3-22(4-6-23)42-10-12-45-13-11-42/h2,7-9,16,18-20,22-23H,3-6,10-15,17H2,1H3,(H,35,37,38)/t20-,22?,23?/m0/s1. The lowest BCUT2D eigenvalue weighted by Crippen LogP contribution is -2.45. The number of aromatic nitrogens is 8. The van der Waals surface area contributed by atoms with E-state index in [0.29, 0.717) is 34.7 Å². The van der Waals surface area contributed by atoms with Gasteiger partial charge in [-0.05, 0) is 61.2 Å². The summed E-state index contributed by atoms with van der Waals surface area (Å²) in [7, 11) is 0. The number of nitrogens with zero attached hydrogens (tertiary/aromatic N) is 9. The molecule has 14 nitrogen and oxygen atoms in total.